The molecule has 7 heteroatoms. The maximum atomic E-state index is 11.1. The average molecular weight is 364 g/mol. The lowest BCUT2D eigenvalue weighted by atomic mass is 10.1. The first kappa shape index (κ1) is 16.8. The summed E-state index contributed by atoms with van der Waals surface area (Å²) in [7, 11) is 0. The van der Waals surface area contributed by atoms with Crippen LogP contribution in [0.2, 0.25) is 0 Å². The molecule has 2 aliphatic heterocycles. The molecule has 0 saturated carbocycles. The van der Waals surface area contributed by atoms with Crippen molar-refractivity contribution in [2.75, 3.05) is 5.32 Å². The smallest absolute Gasteiger partial charge is 0.308 e. The van der Waals surface area contributed by atoms with Gasteiger partial charge in [0.05, 0.1) is 0 Å². The summed E-state index contributed by atoms with van der Waals surface area (Å²) in [5, 5.41) is 2.71. The van der Waals surface area contributed by atoms with Gasteiger partial charge in [-0.15, -0.1) is 0 Å². The van der Waals surface area contributed by atoms with Crippen LogP contribution in [0.1, 0.15) is 25.0 Å². The van der Waals surface area contributed by atoms with Gasteiger partial charge >= 0.3 is 5.97 Å². The predicted molar refractivity (Wildman–Crippen MR) is 98.5 cm³/mol. The molecule has 2 heterocycles. The highest BCUT2D eigenvalue weighted by Crippen LogP contribution is 2.36. The minimum atomic E-state index is -0.657. The fraction of sp³-hybridized carbons (Fsp3) is 0.150. The Kier molecular flexibility index (Phi) is 4.12. The van der Waals surface area contributed by atoms with E-state index in [2.05, 4.69) is 10.3 Å². The van der Waals surface area contributed by atoms with Crippen molar-refractivity contribution in [2.24, 2.45) is 4.99 Å². The van der Waals surface area contributed by atoms with Crippen LogP contribution >= 0.6 is 0 Å². The number of carbonyl (C=O) groups is 2. The molecule has 27 heavy (non-hydrogen) atoms. The molecule has 7 nitrogen and oxygen atoms in total. The number of nitrogens with zero attached hydrogens (tertiary/aromatic N) is 1. The highest BCUT2D eigenvalue weighted by molar-refractivity contribution is 5.98. The van der Waals surface area contributed by atoms with Crippen molar-refractivity contribution < 1.29 is 23.8 Å². The number of carbonyl (C=O) groups excluding carboxylic acids is 2. The lowest BCUT2D eigenvalue weighted by Crippen LogP contribution is -2.22. The third-order valence-electron chi connectivity index (χ3n) is 3.93. The number of esters is 1. The Labute approximate surface area is 155 Å². The Morgan fingerprint density at radius 1 is 1.07 bits per heavy atom. The van der Waals surface area contributed by atoms with E-state index < -0.39 is 12.3 Å². The second-order valence-electron chi connectivity index (χ2n) is 6.11. The van der Waals surface area contributed by atoms with E-state index in [0.29, 0.717) is 28.8 Å². The van der Waals surface area contributed by atoms with Crippen LogP contribution in [0.25, 0.3) is 6.08 Å². The summed E-state index contributed by atoms with van der Waals surface area (Å²) in [5.74, 6) is 0.875. The Balaban J connectivity index is 1.55. The Morgan fingerprint density at radius 2 is 1.85 bits per heavy atom. The van der Waals surface area contributed by atoms with Crippen LogP contribution in [0, 0.1) is 0 Å². The summed E-state index contributed by atoms with van der Waals surface area (Å²) in [4.78, 5) is 26.7. The average Bonchev–Trinajstić information content (AvgIpc) is 3.02. The molecule has 0 aromatic heterocycles. The SMILES string of the molecule is CC(=O)Nc1ccc(C2=NC3=Cc4ccc(OC(C)=O)cc4OC3O2)cc1. The second-order valence-corrected chi connectivity index (χ2v) is 6.11. The van der Waals surface area contributed by atoms with Gasteiger partial charge in [-0.2, -0.15) is 0 Å². The summed E-state index contributed by atoms with van der Waals surface area (Å²) < 4.78 is 16.7. The highest BCUT2D eigenvalue weighted by Gasteiger charge is 2.32. The standard InChI is InChI=1S/C20H16N2O5/c1-11(23)21-15-6-3-13(4-7-15)19-22-17-9-14-5-8-16(25-12(2)24)10-18(14)26-20(17)27-19/h3-10,20H,1-2H3,(H,21,23). The van der Waals surface area contributed by atoms with Gasteiger partial charge in [0.2, 0.25) is 11.8 Å². The lowest BCUT2D eigenvalue weighted by molar-refractivity contribution is -0.131. The molecule has 2 aliphatic rings. The molecule has 0 fully saturated rings. The van der Waals surface area contributed by atoms with E-state index in [1.54, 1.807) is 30.3 Å². The lowest BCUT2D eigenvalue weighted by Gasteiger charge is -2.21. The molecule has 1 unspecified atom stereocenters. The summed E-state index contributed by atoms with van der Waals surface area (Å²) in [6.45, 7) is 2.80. The molecular weight excluding hydrogens is 348 g/mol. The van der Waals surface area contributed by atoms with Gasteiger partial charge in [-0.1, -0.05) is 0 Å². The van der Waals surface area contributed by atoms with Crippen molar-refractivity contribution in [1.82, 2.24) is 0 Å². The van der Waals surface area contributed by atoms with E-state index in [1.165, 1.54) is 13.8 Å². The van der Waals surface area contributed by atoms with Crippen molar-refractivity contribution in [3.63, 3.8) is 0 Å². The largest absolute Gasteiger partial charge is 0.448 e. The van der Waals surface area contributed by atoms with Gasteiger partial charge in [-0.05, 0) is 42.5 Å². The van der Waals surface area contributed by atoms with Gasteiger partial charge in [-0.25, -0.2) is 4.99 Å². The van der Waals surface area contributed by atoms with Gasteiger partial charge in [0.25, 0.3) is 6.29 Å². The number of benzene rings is 2. The van der Waals surface area contributed by atoms with Crippen LogP contribution < -0.4 is 14.8 Å². The number of aliphatic imine (C=N–C) groups is 1. The predicted octanol–water partition coefficient (Wildman–Crippen LogP) is 3.11. The van der Waals surface area contributed by atoms with Crippen LogP contribution in [0.3, 0.4) is 0 Å². The zero-order valence-corrected chi connectivity index (χ0v) is 14.7. The normalized spacial score (nSPS) is 16.7. The molecule has 4 rings (SSSR count). The van der Waals surface area contributed by atoms with Crippen LogP contribution in [0.5, 0.6) is 11.5 Å². The maximum absolute atomic E-state index is 11.1. The Hall–Kier alpha value is -3.61. The molecule has 0 spiro atoms. The van der Waals surface area contributed by atoms with Gasteiger partial charge in [0, 0.05) is 36.7 Å². The third-order valence-corrected chi connectivity index (χ3v) is 3.93. The quantitative estimate of drug-likeness (QED) is 0.668. The van der Waals surface area contributed by atoms with E-state index in [1.807, 2.05) is 18.2 Å². The van der Waals surface area contributed by atoms with Gasteiger partial charge in [0.1, 0.15) is 17.2 Å². The molecule has 0 aliphatic carbocycles. The molecule has 0 saturated heterocycles. The number of ether oxygens (including phenoxy) is 3. The number of hydrogen-bond acceptors (Lipinski definition) is 6. The summed E-state index contributed by atoms with van der Waals surface area (Å²) in [6, 6.07) is 12.3. The van der Waals surface area contributed by atoms with Gasteiger partial charge in [-0.3, -0.25) is 9.59 Å². The summed E-state index contributed by atoms with van der Waals surface area (Å²) >= 11 is 0. The molecule has 1 N–H and O–H groups in total. The first-order valence-corrected chi connectivity index (χ1v) is 8.32. The van der Waals surface area contributed by atoms with Crippen molar-refractivity contribution >= 4 is 29.5 Å². The van der Waals surface area contributed by atoms with Crippen molar-refractivity contribution in [3.8, 4) is 11.5 Å². The molecule has 2 aromatic carbocycles. The maximum Gasteiger partial charge on any atom is 0.308 e. The first-order chi connectivity index (χ1) is 13.0. The minimum Gasteiger partial charge on any atom is -0.448 e. The highest BCUT2D eigenvalue weighted by atomic mass is 16.7. The van der Waals surface area contributed by atoms with Crippen molar-refractivity contribution in [2.45, 2.75) is 20.1 Å². The molecule has 1 atom stereocenters. The van der Waals surface area contributed by atoms with Crippen LogP contribution in [0.15, 0.2) is 53.2 Å². The monoisotopic (exact) mass is 364 g/mol. The summed E-state index contributed by atoms with van der Waals surface area (Å²) in [5.41, 5.74) is 2.95. The number of fused-ring (bicyclic) bond motifs is 2. The molecule has 1 amide bonds. The zero-order valence-electron chi connectivity index (χ0n) is 14.7. The minimum absolute atomic E-state index is 0.132. The fourth-order valence-electron chi connectivity index (χ4n) is 2.81. The number of nitrogens with one attached hydrogen (secondary N) is 1. The van der Waals surface area contributed by atoms with Crippen molar-refractivity contribution in [1.29, 1.82) is 0 Å². The van der Waals surface area contributed by atoms with Crippen LogP contribution in [-0.2, 0) is 14.3 Å². The fourth-order valence-corrected chi connectivity index (χ4v) is 2.81. The molecular formula is C20H16N2O5. The number of hydrogen-bond donors (Lipinski definition) is 1. The third kappa shape index (κ3) is 3.52. The molecule has 2 aromatic rings. The first-order valence-electron chi connectivity index (χ1n) is 8.32. The van der Waals surface area contributed by atoms with Crippen LogP contribution in [0.4, 0.5) is 5.69 Å². The molecule has 136 valence electrons. The van der Waals surface area contributed by atoms with E-state index in [4.69, 9.17) is 14.2 Å². The van der Waals surface area contributed by atoms with E-state index in [-0.39, 0.29) is 5.91 Å². The number of anilines is 1. The Morgan fingerprint density at radius 3 is 2.56 bits per heavy atom. The number of rotatable bonds is 3. The van der Waals surface area contributed by atoms with E-state index in [9.17, 15) is 9.59 Å². The Bertz CT molecular complexity index is 992. The van der Waals surface area contributed by atoms with Crippen LogP contribution in [-0.4, -0.2) is 24.1 Å². The van der Waals surface area contributed by atoms with Gasteiger partial charge in [0.15, 0.2) is 0 Å². The summed E-state index contributed by atoms with van der Waals surface area (Å²) in [6.07, 6.45) is 1.22. The molecule has 0 bridgehead atoms. The second kappa shape index (κ2) is 6.60. The topological polar surface area (TPSA) is 86.2 Å². The van der Waals surface area contributed by atoms with Gasteiger partial charge < -0.3 is 19.5 Å². The van der Waals surface area contributed by atoms with Crippen molar-refractivity contribution in [3.05, 3.63) is 59.3 Å². The van der Waals surface area contributed by atoms with E-state index in [0.717, 1.165) is 11.1 Å². The van der Waals surface area contributed by atoms with E-state index >= 15 is 0 Å². The molecule has 0 radical (unpaired) electrons. The number of amides is 1. The zero-order chi connectivity index (χ0) is 19.0.